The van der Waals surface area contributed by atoms with Crippen LogP contribution in [-0.2, 0) is 9.53 Å². The molecule has 3 saturated carbocycles. The van der Waals surface area contributed by atoms with E-state index in [1.54, 1.807) is 5.57 Å². The monoisotopic (exact) mass is 512 g/mol. The lowest BCUT2D eigenvalue weighted by Crippen LogP contribution is -2.51. The van der Waals surface area contributed by atoms with E-state index in [1.807, 2.05) is 0 Å². The summed E-state index contributed by atoms with van der Waals surface area (Å²) in [5.74, 6) is 5.44. The number of fused-ring (bicyclic) bond motifs is 5. The van der Waals surface area contributed by atoms with Gasteiger partial charge in [0.15, 0.2) is 0 Å². The molecule has 4 aliphatic carbocycles. The molecule has 0 aromatic heterocycles. The first-order valence-corrected chi connectivity index (χ1v) is 16.5. The summed E-state index contributed by atoms with van der Waals surface area (Å²) in [4.78, 5) is 12.9. The second kappa shape index (κ2) is 12.2. The van der Waals surface area contributed by atoms with E-state index < -0.39 is 0 Å². The molecule has 0 aliphatic heterocycles. The number of rotatable bonds is 11. The van der Waals surface area contributed by atoms with E-state index in [4.69, 9.17) is 4.74 Å². The van der Waals surface area contributed by atoms with Gasteiger partial charge < -0.3 is 4.74 Å². The standard InChI is InChI=1S/C35H60O2/c1-8-10-14-26(9-2)33(36)37-28-19-21-34(6)27(23-28)15-16-29-31-18-17-30(25(5)13-11-12-24(3)4)35(31,7)22-20-32(29)34/h15,24-26,28-32H,8-14,16-23H2,1-7H3/t25-,26+,28+,29+,30-,31+,32+,34+,35-/m1/s1. The number of hydrogen-bond donors (Lipinski definition) is 0. The topological polar surface area (TPSA) is 26.3 Å². The summed E-state index contributed by atoms with van der Waals surface area (Å²) in [6, 6.07) is 0. The highest BCUT2D eigenvalue weighted by molar-refractivity contribution is 5.72. The van der Waals surface area contributed by atoms with Gasteiger partial charge in [0.2, 0.25) is 0 Å². The number of hydrogen-bond acceptors (Lipinski definition) is 2. The average Bonchev–Trinajstić information content (AvgIpc) is 3.21. The second-order valence-electron chi connectivity index (χ2n) is 14.8. The normalized spacial score (nSPS) is 38.8. The van der Waals surface area contributed by atoms with Gasteiger partial charge in [0.1, 0.15) is 6.10 Å². The van der Waals surface area contributed by atoms with E-state index in [-0.39, 0.29) is 18.0 Å². The number of carbonyl (C=O) groups excluding carboxylic acids is 1. The van der Waals surface area contributed by atoms with Crippen molar-refractivity contribution in [3.8, 4) is 0 Å². The summed E-state index contributed by atoms with van der Waals surface area (Å²) < 4.78 is 6.16. The Morgan fingerprint density at radius 1 is 0.973 bits per heavy atom. The molecule has 0 N–H and O–H groups in total. The molecule has 3 fully saturated rings. The van der Waals surface area contributed by atoms with E-state index >= 15 is 0 Å². The molecule has 4 aliphatic rings. The van der Waals surface area contributed by atoms with Gasteiger partial charge >= 0.3 is 5.97 Å². The highest BCUT2D eigenvalue weighted by Gasteiger charge is 2.59. The van der Waals surface area contributed by atoms with Gasteiger partial charge in [0, 0.05) is 6.42 Å². The summed E-state index contributed by atoms with van der Waals surface area (Å²) in [5, 5.41) is 0. The summed E-state index contributed by atoms with van der Waals surface area (Å²) in [7, 11) is 0. The Kier molecular flexibility index (Phi) is 9.60. The molecule has 0 amide bonds. The zero-order valence-corrected chi connectivity index (χ0v) is 25.6. The van der Waals surface area contributed by atoms with E-state index in [0.29, 0.717) is 10.8 Å². The van der Waals surface area contributed by atoms with Crippen LogP contribution in [0.3, 0.4) is 0 Å². The zero-order valence-electron chi connectivity index (χ0n) is 25.6. The van der Waals surface area contributed by atoms with Crippen molar-refractivity contribution in [1.29, 1.82) is 0 Å². The minimum Gasteiger partial charge on any atom is -0.462 e. The quantitative estimate of drug-likeness (QED) is 0.203. The highest BCUT2D eigenvalue weighted by atomic mass is 16.5. The van der Waals surface area contributed by atoms with E-state index in [2.05, 4.69) is 54.5 Å². The highest BCUT2D eigenvalue weighted by Crippen LogP contribution is 2.67. The lowest BCUT2D eigenvalue weighted by atomic mass is 9.47. The van der Waals surface area contributed by atoms with Crippen molar-refractivity contribution in [2.45, 2.75) is 151 Å². The van der Waals surface area contributed by atoms with Crippen LogP contribution in [0.1, 0.15) is 145 Å². The van der Waals surface area contributed by atoms with Crippen LogP contribution in [0, 0.1) is 52.3 Å². The summed E-state index contributed by atoms with van der Waals surface area (Å²) in [6.45, 7) is 17.0. The molecule has 0 spiro atoms. The van der Waals surface area contributed by atoms with Gasteiger partial charge in [-0.1, -0.05) is 92.2 Å². The predicted molar refractivity (Wildman–Crippen MR) is 156 cm³/mol. The average molecular weight is 513 g/mol. The van der Waals surface area contributed by atoms with Crippen LogP contribution < -0.4 is 0 Å². The SMILES string of the molecule is CCCC[C@H](CC)C(=O)O[C@H]1CC[C@@]2(C)C(=CC[C@H]3[C@@H]4CC[C@H]([C@H](C)CCCC(C)C)[C@@]4(C)CC[C@@H]32)C1. The van der Waals surface area contributed by atoms with E-state index in [1.165, 1.54) is 57.8 Å². The molecular formula is C35H60O2. The maximum atomic E-state index is 12.9. The Bertz CT molecular complexity index is 797. The number of ether oxygens (including phenoxy) is 1. The molecule has 0 aromatic rings. The zero-order chi connectivity index (χ0) is 26.8. The third-order valence-electron chi connectivity index (χ3n) is 12.3. The number of unbranched alkanes of at least 4 members (excludes halogenated alkanes) is 1. The van der Waals surface area contributed by atoms with Crippen molar-refractivity contribution in [3.63, 3.8) is 0 Å². The first-order valence-electron chi connectivity index (χ1n) is 16.5. The van der Waals surface area contributed by atoms with Gasteiger partial charge in [-0.15, -0.1) is 0 Å². The number of esters is 1. The molecule has 0 unspecified atom stereocenters. The van der Waals surface area contributed by atoms with Crippen molar-refractivity contribution in [2.75, 3.05) is 0 Å². The Hall–Kier alpha value is -0.790. The van der Waals surface area contributed by atoms with Crippen LogP contribution >= 0.6 is 0 Å². The van der Waals surface area contributed by atoms with Gasteiger partial charge in [-0.05, 0) is 104 Å². The summed E-state index contributed by atoms with van der Waals surface area (Å²) in [5.41, 5.74) is 2.53. The van der Waals surface area contributed by atoms with Crippen molar-refractivity contribution < 1.29 is 9.53 Å². The molecule has 2 heteroatoms. The van der Waals surface area contributed by atoms with Gasteiger partial charge in [-0.2, -0.15) is 0 Å². The van der Waals surface area contributed by atoms with Crippen LogP contribution in [0.15, 0.2) is 11.6 Å². The molecule has 0 heterocycles. The molecule has 0 bridgehead atoms. The van der Waals surface area contributed by atoms with Gasteiger partial charge in [-0.25, -0.2) is 0 Å². The van der Waals surface area contributed by atoms with Gasteiger partial charge in [0.05, 0.1) is 5.92 Å². The first kappa shape index (κ1) is 29.2. The first-order chi connectivity index (χ1) is 17.6. The Morgan fingerprint density at radius 3 is 2.46 bits per heavy atom. The largest absolute Gasteiger partial charge is 0.462 e. The third-order valence-corrected chi connectivity index (χ3v) is 12.3. The van der Waals surface area contributed by atoms with Gasteiger partial charge in [-0.3, -0.25) is 4.79 Å². The molecule has 2 nitrogen and oxygen atoms in total. The van der Waals surface area contributed by atoms with Crippen LogP contribution in [0.4, 0.5) is 0 Å². The fourth-order valence-electron chi connectivity index (χ4n) is 9.95. The van der Waals surface area contributed by atoms with Crippen LogP contribution in [0.2, 0.25) is 0 Å². The second-order valence-corrected chi connectivity index (χ2v) is 14.8. The van der Waals surface area contributed by atoms with Crippen molar-refractivity contribution in [3.05, 3.63) is 11.6 Å². The van der Waals surface area contributed by atoms with E-state index in [0.717, 1.165) is 74.0 Å². The minimum atomic E-state index is 0.0757. The third kappa shape index (κ3) is 5.89. The van der Waals surface area contributed by atoms with Crippen molar-refractivity contribution in [2.24, 2.45) is 52.3 Å². The Balaban J connectivity index is 1.40. The number of carbonyl (C=O) groups is 1. The molecule has 0 aromatic carbocycles. The minimum absolute atomic E-state index is 0.0757. The smallest absolute Gasteiger partial charge is 0.309 e. The van der Waals surface area contributed by atoms with Crippen LogP contribution in [-0.4, -0.2) is 12.1 Å². The van der Waals surface area contributed by atoms with E-state index in [9.17, 15) is 4.79 Å². The molecule has 37 heavy (non-hydrogen) atoms. The van der Waals surface area contributed by atoms with Crippen LogP contribution in [0.25, 0.3) is 0 Å². The summed E-state index contributed by atoms with van der Waals surface area (Å²) in [6.07, 6.45) is 21.5. The lowest BCUT2D eigenvalue weighted by molar-refractivity contribution is -0.157. The lowest BCUT2D eigenvalue weighted by Gasteiger charge is -2.58. The summed E-state index contributed by atoms with van der Waals surface area (Å²) >= 11 is 0. The fraction of sp³-hybridized carbons (Fsp3) is 0.914. The molecule has 9 atom stereocenters. The van der Waals surface area contributed by atoms with Crippen LogP contribution in [0.5, 0.6) is 0 Å². The maximum absolute atomic E-state index is 12.9. The van der Waals surface area contributed by atoms with Crippen molar-refractivity contribution in [1.82, 2.24) is 0 Å². The Morgan fingerprint density at radius 2 is 1.76 bits per heavy atom. The van der Waals surface area contributed by atoms with Gasteiger partial charge in [0.25, 0.3) is 0 Å². The molecular weight excluding hydrogens is 452 g/mol. The maximum Gasteiger partial charge on any atom is 0.309 e. The van der Waals surface area contributed by atoms with Crippen molar-refractivity contribution >= 4 is 5.97 Å². The Labute approximate surface area is 230 Å². The molecule has 0 radical (unpaired) electrons. The molecule has 0 saturated heterocycles. The predicted octanol–water partition coefficient (Wildman–Crippen LogP) is 10.2. The number of allylic oxidation sites excluding steroid dienone is 1. The molecule has 212 valence electrons. The fourth-order valence-corrected chi connectivity index (χ4v) is 9.95. The molecule has 4 rings (SSSR count).